The quantitative estimate of drug-likeness (QED) is 0.916. The number of hydrogen-bond acceptors (Lipinski definition) is 5. The molecular formula is C15H26N6. The van der Waals surface area contributed by atoms with Crippen LogP contribution in [-0.4, -0.2) is 44.8 Å². The number of anilines is 1. The lowest BCUT2D eigenvalue weighted by Gasteiger charge is -2.28. The van der Waals surface area contributed by atoms with Gasteiger partial charge >= 0.3 is 0 Å². The van der Waals surface area contributed by atoms with E-state index in [0.717, 1.165) is 23.3 Å². The predicted molar refractivity (Wildman–Crippen MR) is 86.0 cm³/mol. The van der Waals surface area contributed by atoms with E-state index >= 15 is 0 Å². The summed E-state index contributed by atoms with van der Waals surface area (Å²) in [5, 5.41) is 5.48. The number of aromatic nitrogens is 4. The van der Waals surface area contributed by atoms with Gasteiger partial charge in [0.25, 0.3) is 0 Å². The molecule has 6 heteroatoms. The molecule has 2 aromatic heterocycles. The highest BCUT2D eigenvalue weighted by Gasteiger charge is 2.20. The second-order valence-corrected chi connectivity index (χ2v) is 5.47. The van der Waals surface area contributed by atoms with Crippen LogP contribution in [-0.2, 0) is 6.54 Å². The van der Waals surface area contributed by atoms with Gasteiger partial charge in [0.2, 0.25) is 0 Å². The number of hydrogen-bond donors (Lipinski definition) is 1. The third-order valence-corrected chi connectivity index (χ3v) is 4.00. The molecule has 21 heavy (non-hydrogen) atoms. The lowest BCUT2D eigenvalue weighted by atomic mass is 9.97. The Hall–Kier alpha value is -1.69. The Balaban J connectivity index is 0.000000774. The monoisotopic (exact) mass is 290 g/mol. The van der Waals surface area contributed by atoms with Gasteiger partial charge in [0.15, 0.2) is 5.65 Å². The van der Waals surface area contributed by atoms with Crippen molar-refractivity contribution in [2.45, 2.75) is 40.2 Å². The molecule has 1 aliphatic heterocycles. The van der Waals surface area contributed by atoms with Crippen LogP contribution in [0.5, 0.6) is 0 Å². The van der Waals surface area contributed by atoms with E-state index in [9.17, 15) is 0 Å². The van der Waals surface area contributed by atoms with Crippen molar-refractivity contribution in [3.63, 3.8) is 0 Å². The molecule has 116 valence electrons. The molecule has 3 rings (SSSR count). The number of likely N-dealkylation sites (tertiary alicyclic amines) is 1. The number of nitrogen functional groups attached to an aromatic ring is 1. The van der Waals surface area contributed by atoms with E-state index in [4.69, 9.17) is 5.73 Å². The minimum Gasteiger partial charge on any atom is -0.383 e. The Morgan fingerprint density at radius 1 is 1.24 bits per heavy atom. The predicted octanol–water partition coefficient (Wildman–Crippen LogP) is 2.08. The molecule has 0 bridgehead atoms. The normalized spacial score (nSPS) is 16.8. The number of fused-ring (bicyclic) bond motifs is 1. The van der Waals surface area contributed by atoms with Crippen molar-refractivity contribution in [1.29, 1.82) is 0 Å². The molecule has 1 fully saturated rings. The summed E-state index contributed by atoms with van der Waals surface area (Å²) in [5.41, 5.74) is 7.69. The van der Waals surface area contributed by atoms with E-state index in [1.165, 1.54) is 32.3 Å². The molecule has 0 atom stereocenters. The smallest absolute Gasteiger partial charge is 0.163 e. The number of nitrogens with two attached hydrogens (primary N) is 1. The average molecular weight is 290 g/mol. The fourth-order valence-electron chi connectivity index (χ4n) is 2.83. The van der Waals surface area contributed by atoms with Crippen molar-refractivity contribution >= 4 is 16.9 Å². The van der Waals surface area contributed by atoms with E-state index < -0.39 is 0 Å². The van der Waals surface area contributed by atoms with Gasteiger partial charge in [0.1, 0.15) is 12.1 Å². The fourth-order valence-corrected chi connectivity index (χ4v) is 2.83. The van der Waals surface area contributed by atoms with Crippen molar-refractivity contribution in [2.75, 3.05) is 25.9 Å². The van der Waals surface area contributed by atoms with Crippen LogP contribution < -0.4 is 5.73 Å². The number of rotatable bonds is 2. The van der Waals surface area contributed by atoms with Gasteiger partial charge in [-0.15, -0.1) is 0 Å². The third-order valence-electron chi connectivity index (χ3n) is 4.00. The first-order valence-electron chi connectivity index (χ1n) is 7.77. The van der Waals surface area contributed by atoms with Crippen LogP contribution in [0.2, 0.25) is 0 Å². The maximum absolute atomic E-state index is 5.91. The van der Waals surface area contributed by atoms with Crippen molar-refractivity contribution in [3.8, 4) is 0 Å². The summed E-state index contributed by atoms with van der Waals surface area (Å²) in [6, 6.07) is 0. The Bertz CT molecular complexity index is 583. The Labute approximate surface area is 126 Å². The van der Waals surface area contributed by atoms with Gasteiger partial charge < -0.3 is 10.6 Å². The number of piperidine rings is 1. The molecule has 1 aliphatic rings. The van der Waals surface area contributed by atoms with Crippen LogP contribution in [0.1, 0.15) is 32.4 Å². The van der Waals surface area contributed by atoms with Crippen molar-refractivity contribution in [2.24, 2.45) is 5.92 Å². The second kappa shape index (κ2) is 6.85. The maximum atomic E-state index is 5.91. The molecule has 0 aromatic carbocycles. The fraction of sp³-hybridized carbons (Fsp3) is 0.667. The van der Waals surface area contributed by atoms with Crippen molar-refractivity contribution in [1.82, 2.24) is 24.6 Å². The summed E-state index contributed by atoms with van der Waals surface area (Å²) < 4.78 is 2.00. The summed E-state index contributed by atoms with van der Waals surface area (Å²) in [7, 11) is 2.18. The molecule has 0 unspecified atom stereocenters. The van der Waals surface area contributed by atoms with Gasteiger partial charge in [-0.1, -0.05) is 13.8 Å². The zero-order valence-electron chi connectivity index (χ0n) is 13.5. The van der Waals surface area contributed by atoms with Gasteiger partial charge in [-0.3, -0.25) is 0 Å². The first kappa shape index (κ1) is 15.7. The van der Waals surface area contributed by atoms with Crippen LogP contribution >= 0.6 is 0 Å². The summed E-state index contributed by atoms with van der Waals surface area (Å²) >= 11 is 0. The molecule has 0 aliphatic carbocycles. The third kappa shape index (κ3) is 3.32. The largest absolute Gasteiger partial charge is 0.383 e. The van der Waals surface area contributed by atoms with Crippen LogP contribution in [0.4, 0.5) is 5.82 Å². The molecule has 2 aromatic rings. The van der Waals surface area contributed by atoms with Crippen LogP contribution in [0.3, 0.4) is 0 Å². The van der Waals surface area contributed by atoms with Crippen LogP contribution in [0, 0.1) is 12.8 Å². The van der Waals surface area contributed by atoms with Crippen LogP contribution in [0.15, 0.2) is 6.33 Å². The van der Waals surface area contributed by atoms with Gasteiger partial charge in [-0.05, 0) is 45.8 Å². The molecular weight excluding hydrogens is 264 g/mol. The van der Waals surface area contributed by atoms with E-state index in [-0.39, 0.29) is 0 Å². The molecule has 1 saturated heterocycles. The Kier molecular flexibility index (Phi) is 5.12. The highest BCUT2D eigenvalue weighted by molar-refractivity contribution is 5.87. The molecule has 3 heterocycles. The van der Waals surface area contributed by atoms with Gasteiger partial charge in [0, 0.05) is 6.54 Å². The maximum Gasteiger partial charge on any atom is 0.163 e. The van der Waals surface area contributed by atoms with E-state index in [2.05, 4.69) is 27.0 Å². The first-order chi connectivity index (χ1) is 10.1. The first-order valence-corrected chi connectivity index (χ1v) is 7.77. The summed E-state index contributed by atoms with van der Waals surface area (Å²) in [6.07, 6.45) is 3.96. The van der Waals surface area contributed by atoms with Crippen molar-refractivity contribution in [3.05, 3.63) is 12.0 Å². The summed E-state index contributed by atoms with van der Waals surface area (Å²) in [4.78, 5) is 10.8. The lowest BCUT2D eigenvalue weighted by molar-refractivity contribution is 0.202. The highest BCUT2D eigenvalue weighted by Crippen LogP contribution is 2.23. The van der Waals surface area contributed by atoms with Gasteiger partial charge in [0.05, 0.1) is 11.1 Å². The van der Waals surface area contributed by atoms with Crippen LogP contribution in [0.25, 0.3) is 11.0 Å². The average Bonchev–Trinajstić information content (AvgIpc) is 2.81. The number of nitrogens with zero attached hydrogens (tertiary/aromatic N) is 5. The lowest BCUT2D eigenvalue weighted by Crippen LogP contribution is -2.32. The topological polar surface area (TPSA) is 72.9 Å². The number of aryl methyl sites for hydroxylation is 1. The molecule has 6 nitrogen and oxygen atoms in total. The zero-order valence-corrected chi connectivity index (χ0v) is 13.5. The van der Waals surface area contributed by atoms with E-state index in [1.807, 2.05) is 25.5 Å². The Morgan fingerprint density at radius 2 is 1.90 bits per heavy atom. The zero-order chi connectivity index (χ0) is 15.4. The van der Waals surface area contributed by atoms with Gasteiger partial charge in [-0.2, -0.15) is 5.10 Å². The summed E-state index contributed by atoms with van der Waals surface area (Å²) in [6.45, 7) is 9.22. The minimum absolute atomic E-state index is 0.525. The van der Waals surface area contributed by atoms with E-state index in [0.29, 0.717) is 11.7 Å². The Morgan fingerprint density at radius 3 is 2.57 bits per heavy atom. The molecule has 2 N–H and O–H groups in total. The molecule has 0 radical (unpaired) electrons. The minimum atomic E-state index is 0.525. The molecule has 0 saturated carbocycles. The SMILES string of the molecule is CC.Cc1nn(CC2CCN(C)CC2)c2ncnc(N)c12. The molecule has 0 amide bonds. The van der Waals surface area contributed by atoms with Crippen molar-refractivity contribution < 1.29 is 0 Å². The van der Waals surface area contributed by atoms with E-state index in [1.54, 1.807) is 0 Å². The van der Waals surface area contributed by atoms with Gasteiger partial charge in [-0.25, -0.2) is 14.6 Å². The standard InChI is InChI=1S/C13H20N6.C2H6/c1-9-11-12(14)15-8-16-13(11)19(17-9)7-10-3-5-18(2)6-4-10;1-2/h8,10H,3-7H2,1-2H3,(H2,14,15,16);1-2H3. The molecule has 0 spiro atoms. The highest BCUT2D eigenvalue weighted by atomic mass is 15.3. The summed E-state index contributed by atoms with van der Waals surface area (Å²) in [5.74, 6) is 1.20. The second-order valence-electron chi connectivity index (χ2n) is 5.47.